The van der Waals surface area contributed by atoms with Crippen molar-refractivity contribution in [3.8, 4) is 0 Å². The molecule has 0 bridgehead atoms. The Labute approximate surface area is 152 Å². The number of rotatable bonds is 4. The largest absolute Gasteiger partial charge is 0.347 e. The molecule has 3 aromatic rings. The van der Waals surface area contributed by atoms with Crippen LogP contribution in [0.5, 0.6) is 0 Å². The van der Waals surface area contributed by atoms with E-state index >= 15 is 0 Å². The average Bonchev–Trinajstić information content (AvgIpc) is 2.72. The highest BCUT2D eigenvalue weighted by atomic mass is 16.1. The van der Waals surface area contributed by atoms with Crippen molar-refractivity contribution < 1.29 is 4.79 Å². The lowest BCUT2D eigenvalue weighted by molar-refractivity contribution is 0.0946. The highest BCUT2D eigenvalue weighted by Crippen LogP contribution is 2.21. The third-order valence-corrected chi connectivity index (χ3v) is 4.58. The molecule has 1 N–H and O–H groups in total. The van der Waals surface area contributed by atoms with Gasteiger partial charge in [-0.3, -0.25) is 4.79 Å². The Hall–Kier alpha value is -3.21. The van der Waals surface area contributed by atoms with Gasteiger partial charge in [0.05, 0.1) is 0 Å². The average molecular weight is 344 g/mol. The normalized spacial score (nSPS) is 13.2. The molecule has 0 fully saturated rings. The van der Waals surface area contributed by atoms with E-state index in [1.54, 1.807) is 12.3 Å². The van der Waals surface area contributed by atoms with Gasteiger partial charge in [-0.25, -0.2) is 9.97 Å². The molecule has 1 aromatic heterocycles. The molecule has 0 radical (unpaired) electrons. The third kappa shape index (κ3) is 3.57. The predicted molar refractivity (Wildman–Crippen MR) is 101 cm³/mol. The van der Waals surface area contributed by atoms with Crippen LogP contribution in [-0.4, -0.2) is 22.4 Å². The summed E-state index contributed by atoms with van der Waals surface area (Å²) in [6.45, 7) is 2.10. The number of carbonyl (C=O) groups is 1. The smallest absolute Gasteiger partial charge is 0.270 e. The summed E-state index contributed by atoms with van der Waals surface area (Å²) < 4.78 is 0. The summed E-state index contributed by atoms with van der Waals surface area (Å²) in [5.74, 6) is 0.418. The maximum atomic E-state index is 12.4. The molecule has 0 saturated heterocycles. The van der Waals surface area contributed by atoms with Gasteiger partial charge >= 0.3 is 0 Å². The molecule has 5 nitrogen and oxygen atoms in total. The molecule has 0 aliphatic carbocycles. The third-order valence-electron chi connectivity index (χ3n) is 4.58. The highest BCUT2D eigenvalue weighted by Gasteiger charge is 2.19. The maximum Gasteiger partial charge on any atom is 0.270 e. The van der Waals surface area contributed by atoms with E-state index in [-0.39, 0.29) is 5.91 Å². The van der Waals surface area contributed by atoms with Crippen LogP contribution in [0.2, 0.25) is 0 Å². The minimum atomic E-state index is -0.185. The summed E-state index contributed by atoms with van der Waals surface area (Å²) in [5, 5.41) is 2.91. The summed E-state index contributed by atoms with van der Waals surface area (Å²) in [6.07, 6.45) is 2.62. The zero-order valence-electron chi connectivity index (χ0n) is 14.4. The van der Waals surface area contributed by atoms with Gasteiger partial charge in [0.1, 0.15) is 5.69 Å². The Balaban J connectivity index is 1.46. The lowest BCUT2D eigenvalue weighted by Gasteiger charge is -2.28. The van der Waals surface area contributed by atoms with Crippen molar-refractivity contribution in [2.75, 3.05) is 11.4 Å². The Morgan fingerprint density at radius 1 is 1.00 bits per heavy atom. The molecular weight excluding hydrogens is 324 g/mol. The van der Waals surface area contributed by atoms with Crippen molar-refractivity contribution in [3.05, 3.63) is 89.2 Å². The fourth-order valence-corrected chi connectivity index (χ4v) is 3.16. The molecule has 0 spiro atoms. The zero-order chi connectivity index (χ0) is 17.8. The van der Waals surface area contributed by atoms with Gasteiger partial charge in [0.15, 0.2) is 0 Å². The second-order valence-corrected chi connectivity index (χ2v) is 6.35. The van der Waals surface area contributed by atoms with Gasteiger partial charge in [-0.15, -0.1) is 0 Å². The molecule has 5 heteroatoms. The first-order chi connectivity index (χ1) is 12.8. The first kappa shape index (κ1) is 16.3. The Morgan fingerprint density at radius 3 is 2.62 bits per heavy atom. The molecule has 1 amide bonds. The van der Waals surface area contributed by atoms with E-state index in [1.165, 1.54) is 11.1 Å². The Kier molecular flexibility index (Phi) is 4.60. The van der Waals surface area contributed by atoms with E-state index in [0.717, 1.165) is 25.1 Å². The molecule has 0 saturated carbocycles. The Bertz CT molecular complexity index is 911. The van der Waals surface area contributed by atoms with Gasteiger partial charge in [-0.05, 0) is 29.2 Å². The summed E-state index contributed by atoms with van der Waals surface area (Å²) in [7, 11) is 0. The number of aromatic nitrogens is 2. The van der Waals surface area contributed by atoms with Crippen molar-refractivity contribution in [1.82, 2.24) is 15.3 Å². The van der Waals surface area contributed by atoms with Crippen LogP contribution in [-0.2, 0) is 19.5 Å². The molecule has 0 atom stereocenters. The van der Waals surface area contributed by atoms with Gasteiger partial charge in [0, 0.05) is 25.8 Å². The highest BCUT2D eigenvalue weighted by molar-refractivity contribution is 5.92. The summed E-state index contributed by atoms with van der Waals surface area (Å²) in [6, 6.07) is 19.9. The summed E-state index contributed by atoms with van der Waals surface area (Å²) in [4.78, 5) is 23.4. The van der Waals surface area contributed by atoms with Crippen molar-refractivity contribution in [2.24, 2.45) is 0 Å². The van der Waals surface area contributed by atoms with Crippen LogP contribution in [0.1, 0.15) is 27.2 Å². The van der Waals surface area contributed by atoms with Gasteiger partial charge < -0.3 is 10.2 Å². The van der Waals surface area contributed by atoms with Crippen LogP contribution in [0.3, 0.4) is 0 Å². The molecule has 1 aliphatic rings. The molecule has 130 valence electrons. The lowest BCUT2D eigenvalue weighted by Crippen LogP contribution is -2.32. The van der Waals surface area contributed by atoms with Crippen LogP contribution >= 0.6 is 0 Å². The van der Waals surface area contributed by atoms with Crippen molar-refractivity contribution >= 4 is 11.9 Å². The standard InChI is InChI=1S/C21H20N4O/c26-20(23-14-16-6-2-1-3-7-16)19-10-12-22-21(24-19)25-13-11-17-8-4-5-9-18(17)15-25/h1-10,12H,11,13-15H2,(H,23,26). The van der Waals surface area contributed by atoms with E-state index in [0.29, 0.717) is 18.2 Å². The summed E-state index contributed by atoms with van der Waals surface area (Å²) in [5.41, 5.74) is 4.12. The number of carbonyl (C=O) groups excluding carboxylic acids is 1. The number of anilines is 1. The van der Waals surface area contributed by atoms with Crippen molar-refractivity contribution in [1.29, 1.82) is 0 Å². The van der Waals surface area contributed by atoms with Crippen molar-refractivity contribution in [2.45, 2.75) is 19.5 Å². The van der Waals surface area contributed by atoms with E-state index in [9.17, 15) is 4.79 Å². The first-order valence-electron chi connectivity index (χ1n) is 8.76. The number of nitrogens with one attached hydrogen (secondary N) is 1. The first-order valence-corrected chi connectivity index (χ1v) is 8.76. The van der Waals surface area contributed by atoms with Gasteiger partial charge in [-0.1, -0.05) is 54.6 Å². The minimum Gasteiger partial charge on any atom is -0.347 e. The van der Waals surface area contributed by atoms with Crippen LogP contribution < -0.4 is 10.2 Å². The fraction of sp³-hybridized carbons (Fsp3) is 0.190. The van der Waals surface area contributed by atoms with Gasteiger partial charge in [0.25, 0.3) is 5.91 Å². The number of fused-ring (bicyclic) bond motifs is 1. The van der Waals surface area contributed by atoms with E-state index in [1.807, 2.05) is 30.3 Å². The molecule has 1 aliphatic heterocycles. The molecule has 4 rings (SSSR count). The topological polar surface area (TPSA) is 58.1 Å². The van der Waals surface area contributed by atoms with E-state index < -0.39 is 0 Å². The molecular formula is C21H20N4O. The maximum absolute atomic E-state index is 12.4. The molecule has 0 unspecified atom stereocenters. The fourth-order valence-electron chi connectivity index (χ4n) is 3.16. The lowest BCUT2D eigenvalue weighted by atomic mass is 10.0. The van der Waals surface area contributed by atoms with E-state index in [4.69, 9.17) is 0 Å². The number of amides is 1. The van der Waals surface area contributed by atoms with Crippen LogP contribution in [0, 0.1) is 0 Å². The molecule has 2 aromatic carbocycles. The van der Waals surface area contributed by atoms with Crippen molar-refractivity contribution in [3.63, 3.8) is 0 Å². The molecule has 26 heavy (non-hydrogen) atoms. The number of benzene rings is 2. The zero-order valence-corrected chi connectivity index (χ0v) is 14.4. The SMILES string of the molecule is O=C(NCc1ccccc1)c1ccnc(N2CCc3ccccc3C2)n1. The number of hydrogen-bond donors (Lipinski definition) is 1. The minimum absolute atomic E-state index is 0.185. The van der Waals surface area contributed by atoms with Gasteiger partial charge in [0.2, 0.25) is 5.95 Å². The second kappa shape index (κ2) is 7.35. The van der Waals surface area contributed by atoms with E-state index in [2.05, 4.69) is 44.5 Å². The Morgan fingerprint density at radius 2 is 1.77 bits per heavy atom. The quantitative estimate of drug-likeness (QED) is 0.790. The summed E-state index contributed by atoms with van der Waals surface area (Å²) >= 11 is 0. The number of hydrogen-bond acceptors (Lipinski definition) is 4. The van der Waals surface area contributed by atoms with Crippen LogP contribution in [0.25, 0.3) is 0 Å². The van der Waals surface area contributed by atoms with Crippen LogP contribution in [0.4, 0.5) is 5.95 Å². The predicted octanol–water partition coefficient (Wildman–Crippen LogP) is 2.97. The number of nitrogens with zero attached hydrogens (tertiary/aromatic N) is 3. The van der Waals surface area contributed by atoms with Crippen LogP contribution in [0.15, 0.2) is 66.9 Å². The second-order valence-electron chi connectivity index (χ2n) is 6.35. The molecule has 2 heterocycles. The monoisotopic (exact) mass is 344 g/mol. The van der Waals surface area contributed by atoms with Gasteiger partial charge in [-0.2, -0.15) is 0 Å².